The summed E-state index contributed by atoms with van der Waals surface area (Å²) >= 11 is 0. The quantitative estimate of drug-likeness (QED) is 0.611. The Morgan fingerprint density at radius 1 is 1.24 bits per heavy atom. The third-order valence-electron chi connectivity index (χ3n) is 7.42. The Balaban J connectivity index is 1.43. The van der Waals surface area contributed by atoms with Crippen molar-refractivity contribution < 1.29 is 4.74 Å². The van der Waals surface area contributed by atoms with E-state index in [1.165, 1.54) is 38.1 Å². The number of hydrogen-bond acceptors (Lipinski definition) is 3. The molecule has 0 bridgehead atoms. The van der Waals surface area contributed by atoms with Crippen molar-refractivity contribution in [3.8, 4) is 0 Å². The van der Waals surface area contributed by atoms with Gasteiger partial charge in [-0.3, -0.25) is 9.89 Å². The van der Waals surface area contributed by atoms with Crippen LogP contribution in [0.15, 0.2) is 4.99 Å². The summed E-state index contributed by atoms with van der Waals surface area (Å²) in [4.78, 5) is 10.00. The van der Waals surface area contributed by atoms with Gasteiger partial charge in [-0.05, 0) is 45.7 Å². The highest BCUT2D eigenvalue weighted by molar-refractivity contribution is 5.81. The van der Waals surface area contributed by atoms with Gasteiger partial charge in [0.05, 0.1) is 6.10 Å². The van der Waals surface area contributed by atoms with Gasteiger partial charge in [-0.15, -0.1) is 0 Å². The molecule has 25 heavy (non-hydrogen) atoms. The molecule has 2 aliphatic heterocycles. The van der Waals surface area contributed by atoms with Crippen LogP contribution in [-0.4, -0.2) is 73.3 Å². The first-order valence-electron chi connectivity index (χ1n) is 10.6. The van der Waals surface area contributed by atoms with E-state index in [-0.39, 0.29) is 0 Å². The molecule has 5 nitrogen and oxygen atoms in total. The molecule has 2 saturated carbocycles. The average molecular weight is 349 g/mol. The maximum Gasteiger partial charge on any atom is 0.194 e. The minimum absolute atomic E-state index is 0.424. The standard InChI is InChI=1S/C20H36N4O/c1-4-21-19(24-12-8-15(14-24)23(5-2)6-3)22-17-16-9-13-25-18(16)20(17)10-7-11-20/h15-18H,4-14H2,1-3H3,(H,21,22). The number of aliphatic imine (C=N–C) groups is 1. The van der Waals surface area contributed by atoms with Crippen molar-refractivity contribution in [3.63, 3.8) is 0 Å². The molecule has 0 aromatic heterocycles. The summed E-state index contributed by atoms with van der Waals surface area (Å²) in [6.07, 6.45) is 7.07. The molecule has 0 aromatic rings. The second kappa shape index (κ2) is 7.07. The fraction of sp³-hybridized carbons (Fsp3) is 0.950. The van der Waals surface area contributed by atoms with Gasteiger partial charge in [0.15, 0.2) is 5.96 Å². The molecule has 2 saturated heterocycles. The van der Waals surface area contributed by atoms with E-state index in [0.717, 1.165) is 39.3 Å². The number of nitrogens with one attached hydrogen (secondary N) is 1. The SMILES string of the molecule is CCN=C(NC1C2CCOC2C12CCC2)N1CCC(N(CC)CC)C1. The Morgan fingerprint density at radius 3 is 2.68 bits per heavy atom. The smallest absolute Gasteiger partial charge is 0.194 e. The van der Waals surface area contributed by atoms with Gasteiger partial charge in [-0.2, -0.15) is 0 Å². The zero-order valence-corrected chi connectivity index (χ0v) is 16.3. The summed E-state index contributed by atoms with van der Waals surface area (Å²) in [5.41, 5.74) is 0.424. The number of nitrogens with zero attached hydrogens (tertiary/aromatic N) is 3. The molecule has 4 aliphatic rings. The number of rotatable bonds is 5. The Morgan fingerprint density at radius 2 is 2.04 bits per heavy atom. The zero-order chi connectivity index (χ0) is 17.4. The predicted molar refractivity (Wildman–Crippen MR) is 102 cm³/mol. The first-order chi connectivity index (χ1) is 12.2. The van der Waals surface area contributed by atoms with E-state index in [9.17, 15) is 0 Å². The molecule has 2 heterocycles. The second-order valence-corrected chi connectivity index (χ2v) is 8.36. The van der Waals surface area contributed by atoms with Crippen LogP contribution in [0.1, 0.15) is 52.9 Å². The maximum atomic E-state index is 6.08. The number of fused-ring (bicyclic) bond motifs is 2. The van der Waals surface area contributed by atoms with E-state index >= 15 is 0 Å². The summed E-state index contributed by atoms with van der Waals surface area (Å²) in [5, 5.41) is 3.93. The molecular formula is C20H36N4O. The van der Waals surface area contributed by atoms with Crippen LogP contribution in [0, 0.1) is 11.3 Å². The van der Waals surface area contributed by atoms with Crippen LogP contribution in [0.2, 0.25) is 0 Å². The third-order valence-corrected chi connectivity index (χ3v) is 7.42. The highest BCUT2D eigenvalue weighted by atomic mass is 16.5. The molecule has 1 N–H and O–H groups in total. The molecule has 4 fully saturated rings. The largest absolute Gasteiger partial charge is 0.377 e. The van der Waals surface area contributed by atoms with Gasteiger partial charge < -0.3 is 15.0 Å². The summed E-state index contributed by atoms with van der Waals surface area (Å²) in [7, 11) is 0. The van der Waals surface area contributed by atoms with E-state index < -0.39 is 0 Å². The lowest BCUT2D eigenvalue weighted by molar-refractivity contribution is -0.171. The number of likely N-dealkylation sites (N-methyl/N-ethyl adjacent to an activating group) is 1. The second-order valence-electron chi connectivity index (χ2n) is 8.36. The van der Waals surface area contributed by atoms with Crippen LogP contribution >= 0.6 is 0 Å². The van der Waals surface area contributed by atoms with Crippen molar-refractivity contribution in [1.82, 2.24) is 15.1 Å². The van der Waals surface area contributed by atoms with Gasteiger partial charge in [0, 0.05) is 49.7 Å². The molecule has 5 heteroatoms. The Hall–Kier alpha value is -0.810. The summed E-state index contributed by atoms with van der Waals surface area (Å²) in [6.45, 7) is 13.1. The molecule has 4 atom stereocenters. The number of likely N-dealkylation sites (tertiary alicyclic amines) is 1. The molecule has 142 valence electrons. The maximum absolute atomic E-state index is 6.08. The van der Waals surface area contributed by atoms with Gasteiger partial charge in [-0.1, -0.05) is 20.3 Å². The lowest BCUT2D eigenvalue weighted by Crippen LogP contribution is -2.72. The third kappa shape index (κ3) is 2.78. The normalized spacial score (nSPS) is 36.5. The Bertz CT molecular complexity index is 500. The predicted octanol–water partition coefficient (Wildman–Crippen LogP) is 2.33. The van der Waals surface area contributed by atoms with Crippen LogP contribution in [-0.2, 0) is 4.74 Å². The van der Waals surface area contributed by atoms with Gasteiger partial charge in [-0.25, -0.2) is 0 Å². The minimum Gasteiger partial charge on any atom is -0.377 e. The van der Waals surface area contributed by atoms with Crippen LogP contribution in [0.25, 0.3) is 0 Å². The van der Waals surface area contributed by atoms with Crippen LogP contribution in [0.5, 0.6) is 0 Å². The molecule has 2 aliphatic carbocycles. The minimum atomic E-state index is 0.424. The number of ether oxygens (including phenoxy) is 1. The number of guanidine groups is 1. The van der Waals surface area contributed by atoms with Crippen LogP contribution in [0.4, 0.5) is 0 Å². The van der Waals surface area contributed by atoms with Gasteiger partial charge >= 0.3 is 0 Å². The first kappa shape index (κ1) is 17.6. The average Bonchev–Trinajstić information content (AvgIpc) is 3.20. The lowest BCUT2D eigenvalue weighted by atomic mass is 9.46. The van der Waals surface area contributed by atoms with Crippen molar-refractivity contribution in [1.29, 1.82) is 0 Å². The Kier molecular flexibility index (Phi) is 4.98. The van der Waals surface area contributed by atoms with Crippen molar-refractivity contribution in [2.24, 2.45) is 16.3 Å². The lowest BCUT2D eigenvalue weighted by Gasteiger charge is -2.63. The fourth-order valence-corrected chi connectivity index (χ4v) is 5.95. The van der Waals surface area contributed by atoms with E-state index in [1.54, 1.807) is 0 Å². The van der Waals surface area contributed by atoms with E-state index in [1.807, 2.05) is 0 Å². The highest BCUT2D eigenvalue weighted by Gasteiger charge is 2.66. The molecule has 0 amide bonds. The summed E-state index contributed by atoms with van der Waals surface area (Å²) in [6, 6.07) is 1.27. The van der Waals surface area contributed by atoms with Gasteiger partial charge in [0.1, 0.15) is 0 Å². The van der Waals surface area contributed by atoms with E-state index in [2.05, 4.69) is 35.9 Å². The molecular weight excluding hydrogens is 312 g/mol. The molecule has 4 unspecified atom stereocenters. The van der Waals surface area contributed by atoms with Crippen molar-refractivity contribution in [3.05, 3.63) is 0 Å². The van der Waals surface area contributed by atoms with E-state index in [4.69, 9.17) is 9.73 Å². The van der Waals surface area contributed by atoms with Crippen molar-refractivity contribution in [2.45, 2.75) is 71.1 Å². The fourth-order valence-electron chi connectivity index (χ4n) is 5.95. The number of hydrogen-bond donors (Lipinski definition) is 1. The highest BCUT2D eigenvalue weighted by Crippen LogP contribution is 2.62. The van der Waals surface area contributed by atoms with Gasteiger partial charge in [0.25, 0.3) is 0 Å². The topological polar surface area (TPSA) is 40.1 Å². The molecule has 0 radical (unpaired) electrons. The van der Waals surface area contributed by atoms with Gasteiger partial charge in [0.2, 0.25) is 0 Å². The van der Waals surface area contributed by atoms with Crippen molar-refractivity contribution >= 4 is 5.96 Å². The zero-order valence-electron chi connectivity index (χ0n) is 16.3. The van der Waals surface area contributed by atoms with Crippen LogP contribution in [0.3, 0.4) is 0 Å². The monoisotopic (exact) mass is 348 g/mol. The molecule has 4 rings (SSSR count). The summed E-state index contributed by atoms with van der Waals surface area (Å²) < 4.78 is 6.08. The van der Waals surface area contributed by atoms with E-state index in [0.29, 0.717) is 29.5 Å². The summed E-state index contributed by atoms with van der Waals surface area (Å²) in [5.74, 6) is 1.88. The molecule has 0 aromatic carbocycles. The molecule has 1 spiro atoms. The van der Waals surface area contributed by atoms with Crippen molar-refractivity contribution in [2.75, 3.05) is 39.3 Å². The first-order valence-corrected chi connectivity index (χ1v) is 10.6. The Labute approximate surface area is 153 Å². The van der Waals surface area contributed by atoms with Crippen LogP contribution < -0.4 is 5.32 Å².